The molecule has 1 saturated heterocycles. The quantitative estimate of drug-likeness (QED) is 0.619. The first-order valence-corrected chi connectivity index (χ1v) is 12.1. The number of ketones is 1. The second kappa shape index (κ2) is 9.41. The summed E-state index contributed by atoms with van der Waals surface area (Å²) in [4.78, 5) is 24.4. The van der Waals surface area contributed by atoms with Gasteiger partial charge in [0.15, 0.2) is 5.78 Å². The maximum absolute atomic E-state index is 12.9. The summed E-state index contributed by atoms with van der Waals surface area (Å²) in [7, 11) is -3.70. The van der Waals surface area contributed by atoms with Crippen LogP contribution in [0.25, 0.3) is 0 Å². The first kappa shape index (κ1) is 22.7. The van der Waals surface area contributed by atoms with Gasteiger partial charge in [-0.3, -0.25) is 9.59 Å². The molecule has 2 aromatic rings. The molecule has 0 aliphatic carbocycles. The van der Waals surface area contributed by atoms with Crippen LogP contribution in [0.15, 0.2) is 57.9 Å². The Morgan fingerprint density at radius 1 is 1.10 bits per heavy atom. The van der Waals surface area contributed by atoms with Gasteiger partial charge in [-0.2, -0.15) is 4.31 Å². The van der Waals surface area contributed by atoms with E-state index < -0.39 is 10.0 Å². The fraction of sp³-hybridized carbons (Fsp3) is 0.364. The van der Waals surface area contributed by atoms with Crippen molar-refractivity contribution in [2.75, 3.05) is 13.1 Å². The van der Waals surface area contributed by atoms with Gasteiger partial charge in [-0.15, -0.1) is 0 Å². The van der Waals surface area contributed by atoms with Gasteiger partial charge in [0.1, 0.15) is 0 Å². The summed E-state index contributed by atoms with van der Waals surface area (Å²) in [5.41, 5.74) is 1.36. The molecule has 0 saturated carbocycles. The number of nitrogens with zero attached hydrogens (tertiary/aromatic N) is 1. The van der Waals surface area contributed by atoms with E-state index in [0.717, 1.165) is 10.0 Å². The summed E-state index contributed by atoms with van der Waals surface area (Å²) in [5.74, 6) is -0.472. The van der Waals surface area contributed by atoms with Crippen molar-refractivity contribution in [1.82, 2.24) is 9.62 Å². The van der Waals surface area contributed by atoms with E-state index in [1.54, 1.807) is 12.1 Å². The van der Waals surface area contributed by atoms with Crippen molar-refractivity contribution in [1.29, 1.82) is 0 Å². The zero-order chi connectivity index (χ0) is 21.9. The van der Waals surface area contributed by atoms with Crippen LogP contribution in [0.5, 0.6) is 0 Å². The van der Waals surface area contributed by atoms with Gasteiger partial charge in [0.2, 0.25) is 15.9 Å². The van der Waals surface area contributed by atoms with E-state index in [9.17, 15) is 18.0 Å². The fourth-order valence-corrected chi connectivity index (χ4v) is 5.76. The summed E-state index contributed by atoms with van der Waals surface area (Å²) in [6.45, 7) is 3.88. The Labute approximate surface area is 185 Å². The molecule has 1 N–H and O–H groups in total. The summed E-state index contributed by atoms with van der Waals surface area (Å²) < 4.78 is 28.2. The highest BCUT2D eigenvalue weighted by Gasteiger charge is 2.32. The molecular formula is C22H25BrN2O4S. The number of halogens is 1. The van der Waals surface area contributed by atoms with Crippen LogP contribution in [0.3, 0.4) is 0 Å². The lowest BCUT2D eigenvalue weighted by Crippen LogP contribution is -2.43. The number of rotatable bonds is 6. The smallest absolute Gasteiger partial charge is 0.243 e. The number of hydrogen-bond acceptors (Lipinski definition) is 4. The Hall–Kier alpha value is -2.03. The molecule has 0 bridgehead atoms. The summed E-state index contributed by atoms with van der Waals surface area (Å²) in [5, 5.41) is 3.04. The van der Waals surface area contributed by atoms with Gasteiger partial charge in [-0.1, -0.05) is 46.3 Å². The second-order valence-electron chi connectivity index (χ2n) is 7.51. The van der Waals surface area contributed by atoms with Crippen molar-refractivity contribution < 1.29 is 18.0 Å². The van der Waals surface area contributed by atoms with Crippen molar-refractivity contribution in [3.63, 3.8) is 0 Å². The second-order valence-corrected chi connectivity index (χ2v) is 10.3. The van der Waals surface area contributed by atoms with E-state index in [2.05, 4.69) is 21.2 Å². The van der Waals surface area contributed by atoms with Crippen LogP contribution >= 0.6 is 15.9 Å². The number of amides is 1. The Bertz CT molecular complexity index is 1050. The molecule has 8 heteroatoms. The summed E-state index contributed by atoms with van der Waals surface area (Å²) >= 11 is 3.50. The van der Waals surface area contributed by atoms with Crippen LogP contribution in [0.1, 0.15) is 48.7 Å². The normalized spacial score (nSPS) is 16.8. The molecule has 2 aromatic carbocycles. The highest BCUT2D eigenvalue weighted by molar-refractivity contribution is 9.10. The minimum Gasteiger partial charge on any atom is -0.349 e. The number of carbonyl (C=O) groups is 2. The van der Waals surface area contributed by atoms with E-state index in [1.165, 1.54) is 23.4 Å². The Balaban J connectivity index is 1.62. The standard InChI is InChI=1S/C22H25BrN2O4S/c1-15(20-8-3-4-9-21(20)23)24-22(27)17-10-12-25(13-11-17)30(28,29)19-7-5-6-18(14-19)16(2)26/h3-9,14-15,17H,10-13H2,1-2H3,(H,24,27). The average Bonchev–Trinajstić information content (AvgIpc) is 2.74. The maximum Gasteiger partial charge on any atom is 0.243 e. The van der Waals surface area contributed by atoms with Crippen molar-refractivity contribution in [3.05, 3.63) is 64.1 Å². The largest absolute Gasteiger partial charge is 0.349 e. The van der Waals surface area contributed by atoms with E-state index in [0.29, 0.717) is 18.4 Å². The van der Waals surface area contributed by atoms with Crippen LogP contribution < -0.4 is 5.32 Å². The molecule has 3 rings (SSSR count). The van der Waals surface area contributed by atoms with Crippen LogP contribution in [-0.2, 0) is 14.8 Å². The van der Waals surface area contributed by atoms with Crippen molar-refractivity contribution >= 4 is 37.6 Å². The van der Waals surface area contributed by atoms with E-state index in [1.807, 2.05) is 31.2 Å². The lowest BCUT2D eigenvalue weighted by molar-refractivity contribution is -0.126. The minimum atomic E-state index is -3.70. The third-order valence-electron chi connectivity index (χ3n) is 5.43. The Morgan fingerprint density at radius 3 is 2.40 bits per heavy atom. The number of nitrogens with one attached hydrogen (secondary N) is 1. The monoisotopic (exact) mass is 492 g/mol. The SMILES string of the molecule is CC(=O)c1cccc(S(=O)(=O)N2CCC(C(=O)NC(C)c3ccccc3Br)CC2)c1. The van der Waals surface area contributed by atoms with Crippen molar-refractivity contribution in [3.8, 4) is 0 Å². The highest BCUT2D eigenvalue weighted by atomic mass is 79.9. The van der Waals surface area contributed by atoms with Gasteiger partial charge < -0.3 is 5.32 Å². The molecule has 6 nitrogen and oxygen atoms in total. The van der Waals surface area contributed by atoms with Gasteiger partial charge >= 0.3 is 0 Å². The maximum atomic E-state index is 12.9. The van der Waals surface area contributed by atoms with E-state index >= 15 is 0 Å². The number of sulfonamides is 1. The van der Waals surface area contributed by atoms with Gasteiger partial charge in [-0.05, 0) is 50.5 Å². The topological polar surface area (TPSA) is 83.6 Å². The van der Waals surface area contributed by atoms with Crippen LogP contribution in [0.2, 0.25) is 0 Å². The van der Waals surface area contributed by atoms with Gasteiger partial charge in [0, 0.05) is 29.0 Å². The van der Waals surface area contributed by atoms with Gasteiger partial charge in [0.05, 0.1) is 10.9 Å². The lowest BCUT2D eigenvalue weighted by Gasteiger charge is -2.31. The number of carbonyl (C=O) groups excluding carboxylic acids is 2. The molecule has 30 heavy (non-hydrogen) atoms. The Morgan fingerprint density at radius 2 is 1.77 bits per heavy atom. The van der Waals surface area contributed by atoms with E-state index in [4.69, 9.17) is 0 Å². The van der Waals surface area contributed by atoms with E-state index in [-0.39, 0.29) is 41.6 Å². The molecule has 0 radical (unpaired) electrons. The molecule has 1 heterocycles. The third-order valence-corrected chi connectivity index (χ3v) is 8.05. The molecule has 160 valence electrons. The number of benzene rings is 2. The van der Waals surface area contributed by atoms with Crippen molar-refractivity contribution in [2.45, 2.75) is 37.6 Å². The third kappa shape index (κ3) is 4.99. The molecule has 1 amide bonds. The molecule has 1 aliphatic heterocycles. The number of Topliss-reactive ketones (excluding diaryl/α,β-unsaturated/α-hetero) is 1. The zero-order valence-corrected chi connectivity index (χ0v) is 19.4. The van der Waals surface area contributed by atoms with Crippen LogP contribution in [-0.4, -0.2) is 37.5 Å². The fourth-order valence-electron chi connectivity index (χ4n) is 3.62. The highest BCUT2D eigenvalue weighted by Crippen LogP contribution is 2.27. The first-order valence-electron chi connectivity index (χ1n) is 9.86. The van der Waals surface area contributed by atoms with Crippen LogP contribution in [0, 0.1) is 5.92 Å². The molecule has 1 fully saturated rings. The Kier molecular flexibility index (Phi) is 7.10. The molecule has 0 aromatic heterocycles. The molecular weight excluding hydrogens is 468 g/mol. The van der Waals surface area contributed by atoms with Crippen LogP contribution in [0.4, 0.5) is 0 Å². The molecule has 1 aliphatic rings. The van der Waals surface area contributed by atoms with Crippen molar-refractivity contribution in [2.24, 2.45) is 5.92 Å². The average molecular weight is 493 g/mol. The molecule has 1 atom stereocenters. The van der Waals surface area contributed by atoms with Gasteiger partial charge in [0.25, 0.3) is 0 Å². The predicted molar refractivity (Wildman–Crippen MR) is 119 cm³/mol. The van der Waals surface area contributed by atoms with Gasteiger partial charge in [-0.25, -0.2) is 8.42 Å². The number of hydrogen-bond donors (Lipinski definition) is 1. The molecule has 1 unspecified atom stereocenters. The first-order chi connectivity index (χ1) is 14.2. The lowest BCUT2D eigenvalue weighted by atomic mass is 9.96. The summed E-state index contributed by atoms with van der Waals surface area (Å²) in [6, 6.07) is 13.7. The minimum absolute atomic E-state index is 0.0612. The summed E-state index contributed by atoms with van der Waals surface area (Å²) in [6.07, 6.45) is 0.917. The number of piperidine rings is 1. The molecule has 0 spiro atoms. The predicted octanol–water partition coefficient (Wildman–Crippen LogP) is 3.93. The zero-order valence-electron chi connectivity index (χ0n) is 17.0.